The van der Waals surface area contributed by atoms with Crippen molar-refractivity contribution >= 4 is 17.3 Å². The second-order valence-electron chi connectivity index (χ2n) is 2.76. The van der Waals surface area contributed by atoms with Crippen LogP contribution in [0.1, 0.15) is 25.3 Å². The number of nitrogen functional groups attached to an aromatic ring is 1. The van der Waals surface area contributed by atoms with E-state index in [0.29, 0.717) is 16.8 Å². The summed E-state index contributed by atoms with van der Waals surface area (Å²) < 4.78 is 0. The van der Waals surface area contributed by atoms with Crippen LogP contribution in [0, 0.1) is 0 Å². The van der Waals surface area contributed by atoms with Gasteiger partial charge in [0.15, 0.2) is 5.15 Å². The van der Waals surface area contributed by atoms with E-state index in [9.17, 15) is 0 Å². The minimum Gasteiger partial charge on any atom is -0.396 e. The number of halogens is 1. The van der Waals surface area contributed by atoms with Gasteiger partial charge >= 0.3 is 0 Å². The van der Waals surface area contributed by atoms with Crippen molar-refractivity contribution in [1.29, 1.82) is 0 Å². The van der Waals surface area contributed by atoms with Crippen LogP contribution in [0.15, 0.2) is 12.3 Å². The predicted octanol–water partition coefficient (Wildman–Crippen LogP) is 2.44. The molecule has 0 fully saturated rings. The highest BCUT2D eigenvalue weighted by atomic mass is 35.5. The molecule has 2 N–H and O–H groups in total. The van der Waals surface area contributed by atoms with E-state index in [2.05, 4.69) is 18.8 Å². The summed E-state index contributed by atoms with van der Waals surface area (Å²) in [5.41, 5.74) is 7.35. The molecule has 3 heteroatoms. The van der Waals surface area contributed by atoms with Crippen LogP contribution in [-0.4, -0.2) is 4.98 Å². The van der Waals surface area contributed by atoms with Gasteiger partial charge in [0.2, 0.25) is 0 Å². The monoisotopic (exact) mass is 170 g/mol. The molecule has 1 aromatic heterocycles. The third-order valence-electron chi connectivity index (χ3n) is 1.60. The summed E-state index contributed by atoms with van der Waals surface area (Å²) in [4.78, 5) is 3.86. The van der Waals surface area contributed by atoms with Gasteiger partial charge in [-0.05, 0) is 17.5 Å². The fourth-order valence-corrected chi connectivity index (χ4v) is 1.13. The molecule has 0 bridgehead atoms. The first-order valence-electron chi connectivity index (χ1n) is 3.52. The van der Waals surface area contributed by atoms with Gasteiger partial charge in [0.05, 0.1) is 5.69 Å². The molecular formula is C8H11ClN2. The fourth-order valence-electron chi connectivity index (χ4n) is 0.965. The van der Waals surface area contributed by atoms with Crippen LogP contribution >= 0.6 is 11.6 Å². The van der Waals surface area contributed by atoms with E-state index >= 15 is 0 Å². The van der Waals surface area contributed by atoms with Crippen molar-refractivity contribution in [2.45, 2.75) is 19.8 Å². The number of nitrogens with zero attached hydrogens (tertiary/aromatic N) is 1. The summed E-state index contributed by atoms with van der Waals surface area (Å²) in [5, 5.41) is 0.399. The lowest BCUT2D eigenvalue weighted by molar-refractivity contribution is 0.866. The zero-order chi connectivity index (χ0) is 8.43. The van der Waals surface area contributed by atoms with Crippen LogP contribution in [-0.2, 0) is 0 Å². The Kier molecular flexibility index (Phi) is 2.35. The molecule has 1 aromatic rings. The Hall–Kier alpha value is -0.760. The Balaban J connectivity index is 3.17. The molecule has 0 aromatic carbocycles. The molecule has 1 heterocycles. The molecule has 0 spiro atoms. The second-order valence-corrected chi connectivity index (χ2v) is 3.12. The van der Waals surface area contributed by atoms with Gasteiger partial charge in [-0.15, -0.1) is 0 Å². The lowest BCUT2D eigenvalue weighted by atomic mass is 10.0. The average Bonchev–Trinajstić information content (AvgIpc) is 1.94. The second kappa shape index (κ2) is 3.09. The van der Waals surface area contributed by atoms with Crippen molar-refractivity contribution in [2.24, 2.45) is 0 Å². The van der Waals surface area contributed by atoms with Crippen LogP contribution in [0.25, 0.3) is 0 Å². The minimum atomic E-state index is 0.399. The molecular weight excluding hydrogens is 160 g/mol. The summed E-state index contributed by atoms with van der Waals surface area (Å²) in [5.74, 6) is 0.399. The molecule has 0 saturated carbocycles. The van der Waals surface area contributed by atoms with Crippen molar-refractivity contribution in [1.82, 2.24) is 4.98 Å². The van der Waals surface area contributed by atoms with Gasteiger partial charge in [-0.2, -0.15) is 0 Å². The highest BCUT2D eigenvalue weighted by Gasteiger charge is 2.06. The van der Waals surface area contributed by atoms with Crippen LogP contribution in [0.2, 0.25) is 5.15 Å². The van der Waals surface area contributed by atoms with Crippen molar-refractivity contribution in [3.05, 3.63) is 23.0 Å². The molecule has 0 aliphatic heterocycles. The summed E-state index contributed by atoms with van der Waals surface area (Å²) in [6.07, 6.45) is 1.67. The topological polar surface area (TPSA) is 38.9 Å². The molecule has 0 aliphatic rings. The number of nitrogens with two attached hydrogens (primary N) is 1. The number of pyridine rings is 1. The molecule has 60 valence electrons. The number of aromatic nitrogens is 1. The SMILES string of the molecule is CC(C)c1ccnc(Cl)c1N. The van der Waals surface area contributed by atoms with Gasteiger partial charge in [-0.1, -0.05) is 25.4 Å². The molecule has 11 heavy (non-hydrogen) atoms. The maximum absolute atomic E-state index is 5.72. The first-order valence-corrected chi connectivity index (χ1v) is 3.90. The molecule has 0 unspecified atom stereocenters. The van der Waals surface area contributed by atoms with Gasteiger partial charge in [-0.3, -0.25) is 0 Å². The normalized spacial score (nSPS) is 10.5. The van der Waals surface area contributed by atoms with Crippen LogP contribution < -0.4 is 5.73 Å². The van der Waals surface area contributed by atoms with Crippen molar-refractivity contribution in [2.75, 3.05) is 5.73 Å². The van der Waals surface area contributed by atoms with E-state index in [4.69, 9.17) is 17.3 Å². The Bertz CT molecular complexity index is 258. The van der Waals surface area contributed by atoms with Crippen LogP contribution in [0.3, 0.4) is 0 Å². The molecule has 1 rings (SSSR count). The van der Waals surface area contributed by atoms with E-state index < -0.39 is 0 Å². The largest absolute Gasteiger partial charge is 0.396 e. The maximum Gasteiger partial charge on any atom is 0.152 e. The third kappa shape index (κ3) is 1.63. The zero-order valence-electron chi connectivity index (χ0n) is 6.63. The first-order chi connectivity index (χ1) is 5.13. The van der Waals surface area contributed by atoms with Crippen LogP contribution in [0.5, 0.6) is 0 Å². The number of rotatable bonds is 1. The average molecular weight is 171 g/mol. The minimum absolute atomic E-state index is 0.399. The van der Waals surface area contributed by atoms with E-state index in [0.717, 1.165) is 5.56 Å². The van der Waals surface area contributed by atoms with Crippen molar-refractivity contribution < 1.29 is 0 Å². The van der Waals surface area contributed by atoms with Gasteiger partial charge in [0, 0.05) is 6.20 Å². The zero-order valence-corrected chi connectivity index (χ0v) is 7.39. The molecule has 0 amide bonds. The van der Waals surface area contributed by atoms with E-state index in [1.54, 1.807) is 6.20 Å². The van der Waals surface area contributed by atoms with Crippen molar-refractivity contribution in [3.8, 4) is 0 Å². The molecule has 0 radical (unpaired) electrons. The highest BCUT2D eigenvalue weighted by molar-refractivity contribution is 6.31. The quantitative estimate of drug-likeness (QED) is 0.658. The van der Waals surface area contributed by atoms with Gasteiger partial charge in [0.25, 0.3) is 0 Å². The lowest BCUT2D eigenvalue weighted by Gasteiger charge is -2.08. The number of hydrogen-bond donors (Lipinski definition) is 1. The van der Waals surface area contributed by atoms with E-state index in [-0.39, 0.29) is 0 Å². The Morgan fingerprint density at radius 2 is 2.18 bits per heavy atom. The van der Waals surface area contributed by atoms with E-state index in [1.807, 2.05) is 6.07 Å². The fraction of sp³-hybridized carbons (Fsp3) is 0.375. The molecule has 0 aliphatic carbocycles. The third-order valence-corrected chi connectivity index (χ3v) is 1.90. The van der Waals surface area contributed by atoms with E-state index in [1.165, 1.54) is 0 Å². The number of anilines is 1. The Morgan fingerprint density at radius 1 is 1.55 bits per heavy atom. The predicted molar refractivity (Wildman–Crippen MR) is 47.7 cm³/mol. The Labute approximate surface area is 71.4 Å². The van der Waals surface area contributed by atoms with Crippen molar-refractivity contribution in [3.63, 3.8) is 0 Å². The van der Waals surface area contributed by atoms with Gasteiger partial charge in [0.1, 0.15) is 0 Å². The summed E-state index contributed by atoms with van der Waals surface area (Å²) in [6.45, 7) is 4.14. The molecule has 0 atom stereocenters. The smallest absolute Gasteiger partial charge is 0.152 e. The lowest BCUT2D eigenvalue weighted by Crippen LogP contribution is -1.98. The summed E-state index contributed by atoms with van der Waals surface area (Å²) in [7, 11) is 0. The molecule has 2 nitrogen and oxygen atoms in total. The maximum atomic E-state index is 5.72. The Morgan fingerprint density at radius 3 is 2.64 bits per heavy atom. The number of hydrogen-bond acceptors (Lipinski definition) is 2. The molecule has 0 saturated heterocycles. The first kappa shape index (κ1) is 8.34. The summed E-state index contributed by atoms with van der Waals surface area (Å²) >= 11 is 5.72. The highest BCUT2D eigenvalue weighted by Crippen LogP contribution is 2.25. The van der Waals surface area contributed by atoms with Gasteiger partial charge in [-0.25, -0.2) is 4.98 Å². The van der Waals surface area contributed by atoms with Gasteiger partial charge < -0.3 is 5.73 Å². The standard InChI is InChI=1S/C8H11ClN2/c1-5(2)6-3-4-11-8(9)7(6)10/h3-5H,10H2,1-2H3. The van der Waals surface area contributed by atoms with Crippen LogP contribution in [0.4, 0.5) is 5.69 Å². The summed E-state index contributed by atoms with van der Waals surface area (Å²) in [6, 6.07) is 1.89.